The second kappa shape index (κ2) is 8.58. The van der Waals surface area contributed by atoms with Crippen LogP contribution < -0.4 is 20.1 Å². The molecule has 0 saturated heterocycles. The normalized spacial score (nSPS) is 13.1. The minimum atomic E-state index is -0.339. The Hall–Kier alpha value is -3.02. The van der Waals surface area contributed by atoms with Crippen molar-refractivity contribution in [2.45, 2.75) is 32.7 Å². The number of aryl methyl sites for hydroxylation is 1. The van der Waals surface area contributed by atoms with E-state index in [9.17, 15) is 9.59 Å². The van der Waals surface area contributed by atoms with Gasteiger partial charge in [0, 0.05) is 13.5 Å². The largest absolute Gasteiger partial charge is 0.454 e. The van der Waals surface area contributed by atoms with Gasteiger partial charge in [-0.1, -0.05) is 35.9 Å². The summed E-state index contributed by atoms with van der Waals surface area (Å²) in [5, 5.41) is 5.77. The van der Waals surface area contributed by atoms with Gasteiger partial charge in [-0.2, -0.15) is 0 Å². The fraction of sp³-hybridized carbons (Fsp3) is 0.333. The highest BCUT2D eigenvalue weighted by molar-refractivity contribution is 5.79. The number of hydrogen-bond donors (Lipinski definition) is 2. The number of hydrogen-bond acceptors (Lipinski definition) is 4. The number of rotatable bonds is 7. The Morgan fingerprint density at radius 1 is 1.07 bits per heavy atom. The number of amides is 2. The Morgan fingerprint density at radius 2 is 1.81 bits per heavy atom. The Kier molecular flexibility index (Phi) is 5.96. The summed E-state index contributed by atoms with van der Waals surface area (Å²) >= 11 is 0. The van der Waals surface area contributed by atoms with Crippen LogP contribution in [-0.4, -0.2) is 25.2 Å². The Balaban J connectivity index is 1.53. The van der Waals surface area contributed by atoms with Crippen LogP contribution >= 0.6 is 0 Å². The fourth-order valence-corrected chi connectivity index (χ4v) is 3.00. The van der Waals surface area contributed by atoms with Crippen molar-refractivity contribution in [1.29, 1.82) is 0 Å². The van der Waals surface area contributed by atoms with E-state index in [-0.39, 0.29) is 31.1 Å². The van der Waals surface area contributed by atoms with Gasteiger partial charge in [-0.05, 0) is 36.6 Å². The van der Waals surface area contributed by atoms with E-state index in [0.717, 1.165) is 28.2 Å². The summed E-state index contributed by atoms with van der Waals surface area (Å²) < 4.78 is 10.7. The lowest BCUT2D eigenvalue weighted by Crippen LogP contribution is -2.33. The number of ether oxygens (including phenoxy) is 2. The molecule has 0 unspecified atom stereocenters. The summed E-state index contributed by atoms with van der Waals surface area (Å²) in [5.74, 6) is 1.23. The number of benzene rings is 2. The van der Waals surface area contributed by atoms with Crippen LogP contribution in [0.5, 0.6) is 11.5 Å². The first-order valence-corrected chi connectivity index (χ1v) is 9.00. The summed E-state index contributed by atoms with van der Waals surface area (Å²) in [7, 11) is 0. The third-order valence-electron chi connectivity index (χ3n) is 4.42. The van der Waals surface area contributed by atoms with Crippen LogP contribution in [0.25, 0.3) is 0 Å². The molecule has 0 fully saturated rings. The third-order valence-corrected chi connectivity index (χ3v) is 4.42. The highest BCUT2D eigenvalue weighted by Crippen LogP contribution is 2.32. The Morgan fingerprint density at radius 3 is 2.56 bits per heavy atom. The Labute approximate surface area is 158 Å². The van der Waals surface area contributed by atoms with Crippen molar-refractivity contribution in [2.24, 2.45) is 0 Å². The molecule has 1 heterocycles. The molecular weight excluding hydrogens is 344 g/mol. The van der Waals surface area contributed by atoms with Crippen LogP contribution in [0.3, 0.4) is 0 Å². The summed E-state index contributed by atoms with van der Waals surface area (Å²) in [6, 6.07) is 13.3. The molecule has 0 radical (unpaired) electrons. The standard InChI is InChI=1S/C21H24N2O4/c1-14-3-6-17(7-4-14)18(23-15(2)24)12-21(25)22-10-9-16-5-8-19-20(11-16)27-13-26-19/h3-8,11,18H,9-10,12-13H2,1-2H3,(H,22,25)(H,23,24)/t18-/m1/s1. The van der Waals surface area contributed by atoms with Gasteiger partial charge >= 0.3 is 0 Å². The van der Waals surface area contributed by atoms with Crippen LogP contribution in [-0.2, 0) is 16.0 Å². The summed E-state index contributed by atoms with van der Waals surface area (Å²) in [5.41, 5.74) is 3.12. The molecule has 6 nitrogen and oxygen atoms in total. The van der Waals surface area contributed by atoms with Gasteiger partial charge in [0.15, 0.2) is 11.5 Å². The smallest absolute Gasteiger partial charge is 0.231 e. The number of carbonyl (C=O) groups excluding carboxylic acids is 2. The molecule has 2 N–H and O–H groups in total. The van der Waals surface area contributed by atoms with Crippen molar-refractivity contribution in [2.75, 3.05) is 13.3 Å². The molecular formula is C21H24N2O4. The van der Waals surface area contributed by atoms with Crippen LogP contribution in [0.1, 0.15) is 36.1 Å². The van der Waals surface area contributed by atoms with E-state index in [0.29, 0.717) is 13.0 Å². The molecule has 0 spiro atoms. The SMILES string of the molecule is CC(=O)N[C@H](CC(=O)NCCc1ccc2c(c1)OCO2)c1ccc(C)cc1. The Bertz CT molecular complexity index is 817. The first-order chi connectivity index (χ1) is 13.0. The monoisotopic (exact) mass is 368 g/mol. The van der Waals surface area contributed by atoms with E-state index < -0.39 is 0 Å². The van der Waals surface area contributed by atoms with E-state index in [2.05, 4.69) is 10.6 Å². The van der Waals surface area contributed by atoms with E-state index in [1.54, 1.807) is 0 Å². The predicted octanol–water partition coefficient (Wildman–Crippen LogP) is 2.65. The molecule has 2 aromatic rings. The molecule has 1 aliphatic rings. The lowest BCUT2D eigenvalue weighted by molar-refractivity contribution is -0.122. The topological polar surface area (TPSA) is 76.7 Å². The van der Waals surface area contributed by atoms with Gasteiger partial charge < -0.3 is 20.1 Å². The molecule has 142 valence electrons. The molecule has 0 aromatic heterocycles. The second-order valence-corrected chi connectivity index (χ2v) is 6.66. The minimum Gasteiger partial charge on any atom is -0.454 e. The molecule has 0 saturated carbocycles. The number of carbonyl (C=O) groups is 2. The highest BCUT2D eigenvalue weighted by atomic mass is 16.7. The van der Waals surface area contributed by atoms with Crippen molar-refractivity contribution in [3.63, 3.8) is 0 Å². The lowest BCUT2D eigenvalue weighted by Gasteiger charge is -2.18. The van der Waals surface area contributed by atoms with E-state index in [1.807, 2.05) is 49.4 Å². The molecule has 6 heteroatoms. The van der Waals surface area contributed by atoms with Crippen LogP contribution in [0.2, 0.25) is 0 Å². The van der Waals surface area contributed by atoms with Gasteiger partial charge in [0.25, 0.3) is 0 Å². The third kappa shape index (κ3) is 5.23. The van der Waals surface area contributed by atoms with Gasteiger partial charge in [0.05, 0.1) is 12.5 Å². The zero-order chi connectivity index (χ0) is 19.2. The van der Waals surface area contributed by atoms with Gasteiger partial charge in [0.1, 0.15) is 0 Å². The van der Waals surface area contributed by atoms with E-state index in [4.69, 9.17) is 9.47 Å². The first-order valence-electron chi connectivity index (χ1n) is 9.00. The molecule has 1 aliphatic heterocycles. The molecule has 0 aliphatic carbocycles. The maximum absolute atomic E-state index is 12.3. The van der Waals surface area contributed by atoms with Gasteiger partial charge in [-0.25, -0.2) is 0 Å². The zero-order valence-electron chi connectivity index (χ0n) is 15.6. The molecule has 3 rings (SSSR count). The average Bonchev–Trinajstić information content (AvgIpc) is 3.09. The van der Waals surface area contributed by atoms with Gasteiger partial charge in [-0.3, -0.25) is 9.59 Å². The van der Waals surface area contributed by atoms with Crippen LogP contribution in [0, 0.1) is 6.92 Å². The molecule has 2 amide bonds. The first kappa shape index (κ1) is 18.8. The molecule has 27 heavy (non-hydrogen) atoms. The van der Waals surface area contributed by atoms with Crippen molar-refractivity contribution < 1.29 is 19.1 Å². The van der Waals surface area contributed by atoms with E-state index in [1.165, 1.54) is 6.92 Å². The van der Waals surface area contributed by atoms with Crippen molar-refractivity contribution >= 4 is 11.8 Å². The van der Waals surface area contributed by atoms with Gasteiger partial charge in [-0.15, -0.1) is 0 Å². The lowest BCUT2D eigenvalue weighted by atomic mass is 10.0. The number of nitrogens with one attached hydrogen (secondary N) is 2. The fourth-order valence-electron chi connectivity index (χ4n) is 3.00. The van der Waals surface area contributed by atoms with Gasteiger partial charge in [0.2, 0.25) is 18.6 Å². The predicted molar refractivity (Wildman–Crippen MR) is 102 cm³/mol. The van der Waals surface area contributed by atoms with Crippen molar-refractivity contribution in [3.05, 3.63) is 59.2 Å². The molecule has 1 atom stereocenters. The van der Waals surface area contributed by atoms with Crippen molar-refractivity contribution in [1.82, 2.24) is 10.6 Å². The molecule has 2 aromatic carbocycles. The van der Waals surface area contributed by atoms with Crippen molar-refractivity contribution in [3.8, 4) is 11.5 Å². The average molecular weight is 368 g/mol. The summed E-state index contributed by atoms with van der Waals surface area (Å²) in [6.07, 6.45) is 0.890. The van der Waals surface area contributed by atoms with E-state index >= 15 is 0 Å². The zero-order valence-corrected chi connectivity index (χ0v) is 15.6. The van der Waals surface area contributed by atoms with Crippen LogP contribution in [0.4, 0.5) is 0 Å². The second-order valence-electron chi connectivity index (χ2n) is 6.66. The minimum absolute atomic E-state index is 0.102. The summed E-state index contributed by atoms with van der Waals surface area (Å²) in [6.45, 7) is 4.22. The molecule has 0 bridgehead atoms. The quantitative estimate of drug-likeness (QED) is 0.788. The van der Waals surface area contributed by atoms with Crippen LogP contribution in [0.15, 0.2) is 42.5 Å². The highest BCUT2D eigenvalue weighted by Gasteiger charge is 2.17. The number of fused-ring (bicyclic) bond motifs is 1. The summed E-state index contributed by atoms with van der Waals surface area (Å²) in [4.78, 5) is 23.8. The maximum atomic E-state index is 12.3. The maximum Gasteiger partial charge on any atom is 0.231 e.